The van der Waals surface area contributed by atoms with Crippen molar-refractivity contribution in [2.45, 2.75) is 63.8 Å². The largest absolute Gasteiger partial charge is 0.323 e. The van der Waals surface area contributed by atoms with Crippen molar-refractivity contribution in [1.29, 1.82) is 0 Å². The molecule has 1 amide bonds. The number of nitrogens with one attached hydrogen (secondary N) is 1. The molecule has 4 nitrogen and oxygen atoms in total. The number of amides is 1. The number of carbonyl (C=O) groups excluding carboxylic acids is 1. The Balaban J connectivity index is 1.97. The molecule has 1 saturated carbocycles. The third-order valence-corrected chi connectivity index (χ3v) is 4.52. The summed E-state index contributed by atoms with van der Waals surface area (Å²) >= 11 is 0. The van der Waals surface area contributed by atoms with E-state index in [9.17, 15) is 4.79 Å². The highest BCUT2D eigenvalue weighted by molar-refractivity contribution is 5.89. The van der Waals surface area contributed by atoms with Crippen LogP contribution in [0.2, 0.25) is 0 Å². The average Bonchev–Trinajstić information content (AvgIpc) is 2.77. The summed E-state index contributed by atoms with van der Waals surface area (Å²) < 4.78 is 2.11. The summed E-state index contributed by atoms with van der Waals surface area (Å²) in [7, 11) is 0. The van der Waals surface area contributed by atoms with Gasteiger partial charge < -0.3 is 5.32 Å². The molecular formula is C14H21N3O. The van der Waals surface area contributed by atoms with Gasteiger partial charge in [-0.15, -0.1) is 0 Å². The summed E-state index contributed by atoms with van der Waals surface area (Å²) in [5.41, 5.74) is 2.52. The molecule has 1 aliphatic carbocycles. The molecule has 3 rings (SSSR count). The molecule has 2 heterocycles. The lowest BCUT2D eigenvalue weighted by atomic mass is 9.76. The Hall–Kier alpha value is -1.32. The molecule has 0 aromatic carbocycles. The standard InChI is InChI=1S/C14H21N3O/c1-11(18)16-12-10-15-17-9-8-14(13(12)17)6-4-2-3-5-7-14/h10H,2-9H2,1H3,(H,16,18). The molecule has 98 valence electrons. The van der Waals surface area contributed by atoms with Crippen molar-refractivity contribution < 1.29 is 4.79 Å². The first-order valence-electron chi connectivity index (χ1n) is 7.05. The maximum absolute atomic E-state index is 11.3. The van der Waals surface area contributed by atoms with E-state index in [0.717, 1.165) is 12.2 Å². The van der Waals surface area contributed by atoms with E-state index in [1.54, 1.807) is 6.92 Å². The van der Waals surface area contributed by atoms with Crippen molar-refractivity contribution in [2.24, 2.45) is 0 Å². The monoisotopic (exact) mass is 247 g/mol. The minimum atomic E-state index is 0.00136. The van der Waals surface area contributed by atoms with Crippen molar-refractivity contribution in [3.8, 4) is 0 Å². The summed E-state index contributed by atoms with van der Waals surface area (Å²) in [4.78, 5) is 11.3. The van der Waals surface area contributed by atoms with Gasteiger partial charge in [0.05, 0.1) is 17.6 Å². The number of nitrogens with zero attached hydrogens (tertiary/aromatic N) is 2. The Labute approximate surface area is 108 Å². The van der Waals surface area contributed by atoms with Gasteiger partial charge in [-0.1, -0.05) is 25.7 Å². The quantitative estimate of drug-likeness (QED) is 0.829. The van der Waals surface area contributed by atoms with E-state index in [1.807, 2.05) is 6.20 Å². The smallest absolute Gasteiger partial charge is 0.221 e. The molecule has 1 aliphatic heterocycles. The Kier molecular flexibility index (Phi) is 2.88. The number of hydrogen-bond acceptors (Lipinski definition) is 2. The van der Waals surface area contributed by atoms with Crippen molar-refractivity contribution in [2.75, 3.05) is 5.32 Å². The maximum atomic E-state index is 11.3. The topological polar surface area (TPSA) is 46.9 Å². The molecule has 1 N–H and O–H groups in total. The van der Waals surface area contributed by atoms with Crippen LogP contribution >= 0.6 is 0 Å². The highest BCUT2D eigenvalue weighted by atomic mass is 16.1. The SMILES string of the molecule is CC(=O)Nc1cnn2c1C1(CCCCCC1)CC2. The Morgan fingerprint density at radius 1 is 1.28 bits per heavy atom. The Morgan fingerprint density at radius 3 is 2.67 bits per heavy atom. The first-order valence-corrected chi connectivity index (χ1v) is 7.05. The number of rotatable bonds is 1. The molecule has 18 heavy (non-hydrogen) atoms. The zero-order chi connectivity index (χ0) is 12.6. The van der Waals surface area contributed by atoms with Crippen molar-refractivity contribution in [3.05, 3.63) is 11.9 Å². The van der Waals surface area contributed by atoms with Gasteiger partial charge in [-0.05, 0) is 19.3 Å². The highest BCUT2D eigenvalue weighted by Crippen LogP contribution is 2.47. The number of carbonyl (C=O) groups is 1. The third kappa shape index (κ3) is 1.84. The number of anilines is 1. The molecule has 1 fully saturated rings. The molecule has 0 radical (unpaired) electrons. The molecule has 1 aromatic rings. The fourth-order valence-electron chi connectivity index (χ4n) is 3.73. The number of fused-ring (bicyclic) bond motifs is 2. The van der Waals surface area contributed by atoms with Crippen molar-refractivity contribution >= 4 is 11.6 Å². The predicted octanol–water partition coefficient (Wildman–Crippen LogP) is 2.84. The van der Waals surface area contributed by atoms with E-state index in [1.165, 1.54) is 50.6 Å². The number of aryl methyl sites for hydroxylation is 1. The van der Waals surface area contributed by atoms with E-state index in [-0.39, 0.29) is 11.3 Å². The molecule has 2 aliphatic rings. The normalized spacial score (nSPS) is 21.6. The van der Waals surface area contributed by atoms with Crippen LogP contribution in [0.4, 0.5) is 5.69 Å². The fourth-order valence-corrected chi connectivity index (χ4v) is 3.73. The summed E-state index contributed by atoms with van der Waals surface area (Å²) in [6.45, 7) is 2.58. The maximum Gasteiger partial charge on any atom is 0.221 e. The lowest BCUT2D eigenvalue weighted by Crippen LogP contribution is -2.24. The number of aromatic nitrogens is 2. The second-order valence-corrected chi connectivity index (χ2v) is 5.76. The molecule has 1 aromatic heterocycles. The van der Waals surface area contributed by atoms with Gasteiger partial charge in [0.2, 0.25) is 5.91 Å². The van der Waals surface area contributed by atoms with Crippen LogP contribution in [0.25, 0.3) is 0 Å². The second-order valence-electron chi connectivity index (χ2n) is 5.76. The molecule has 0 unspecified atom stereocenters. The van der Waals surface area contributed by atoms with Crippen LogP contribution in [0.3, 0.4) is 0 Å². The van der Waals surface area contributed by atoms with E-state index in [0.29, 0.717) is 0 Å². The molecule has 4 heteroatoms. The molecule has 0 atom stereocenters. The van der Waals surface area contributed by atoms with Crippen LogP contribution in [0.5, 0.6) is 0 Å². The Morgan fingerprint density at radius 2 is 2.00 bits per heavy atom. The van der Waals surface area contributed by atoms with E-state index in [2.05, 4.69) is 15.1 Å². The van der Waals surface area contributed by atoms with Crippen molar-refractivity contribution in [3.63, 3.8) is 0 Å². The molecule has 1 spiro atoms. The summed E-state index contributed by atoms with van der Waals surface area (Å²) in [5, 5.41) is 7.39. The van der Waals surface area contributed by atoms with E-state index >= 15 is 0 Å². The molecular weight excluding hydrogens is 226 g/mol. The summed E-state index contributed by atoms with van der Waals surface area (Å²) in [6.07, 6.45) is 10.9. The van der Waals surface area contributed by atoms with Gasteiger partial charge in [0.15, 0.2) is 0 Å². The first kappa shape index (κ1) is 11.8. The van der Waals surface area contributed by atoms with Gasteiger partial charge >= 0.3 is 0 Å². The average molecular weight is 247 g/mol. The van der Waals surface area contributed by atoms with Crippen LogP contribution in [-0.2, 0) is 16.8 Å². The summed E-state index contributed by atoms with van der Waals surface area (Å²) in [6, 6.07) is 0. The minimum absolute atomic E-state index is 0.00136. The Bertz CT molecular complexity index is 456. The van der Waals surface area contributed by atoms with Gasteiger partial charge in [0.25, 0.3) is 0 Å². The number of hydrogen-bond donors (Lipinski definition) is 1. The van der Waals surface area contributed by atoms with E-state index in [4.69, 9.17) is 0 Å². The molecule has 0 saturated heterocycles. The zero-order valence-electron chi connectivity index (χ0n) is 11.0. The molecule has 0 bridgehead atoms. The predicted molar refractivity (Wildman–Crippen MR) is 70.5 cm³/mol. The van der Waals surface area contributed by atoms with Gasteiger partial charge in [-0.25, -0.2) is 0 Å². The lowest BCUT2D eigenvalue weighted by Gasteiger charge is -2.28. The second kappa shape index (κ2) is 4.41. The van der Waals surface area contributed by atoms with Crippen LogP contribution < -0.4 is 5.32 Å². The van der Waals surface area contributed by atoms with Crippen LogP contribution in [0.1, 0.15) is 57.6 Å². The summed E-state index contributed by atoms with van der Waals surface area (Å²) in [5.74, 6) is 0.00136. The van der Waals surface area contributed by atoms with Gasteiger partial charge in [-0.3, -0.25) is 9.48 Å². The lowest BCUT2D eigenvalue weighted by molar-refractivity contribution is -0.114. The third-order valence-electron chi connectivity index (χ3n) is 4.52. The van der Waals surface area contributed by atoms with Crippen LogP contribution in [-0.4, -0.2) is 15.7 Å². The highest BCUT2D eigenvalue weighted by Gasteiger charge is 2.42. The van der Waals surface area contributed by atoms with Gasteiger partial charge in [0, 0.05) is 18.9 Å². The minimum Gasteiger partial charge on any atom is -0.323 e. The van der Waals surface area contributed by atoms with Crippen LogP contribution in [0.15, 0.2) is 6.20 Å². The van der Waals surface area contributed by atoms with Gasteiger partial charge in [-0.2, -0.15) is 5.10 Å². The van der Waals surface area contributed by atoms with E-state index < -0.39 is 0 Å². The fraction of sp³-hybridized carbons (Fsp3) is 0.714. The van der Waals surface area contributed by atoms with Gasteiger partial charge in [0.1, 0.15) is 0 Å². The van der Waals surface area contributed by atoms with Crippen molar-refractivity contribution in [1.82, 2.24) is 9.78 Å². The van der Waals surface area contributed by atoms with Crippen LogP contribution in [0, 0.1) is 0 Å². The first-order chi connectivity index (χ1) is 8.71. The zero-order valence-corrected chi connectivity index (χ0v) is 11.0.